The normalized spacial score (nSPS) is 40.7. The van der Waals surface area contributed by atoms with Crippen molar-refractivity contribution in [3.8, 4) is 0 Å². The van der Waals surface area contributed by atoms with Crippen LogP contribution in [0.4, 0.5) is 0 Å². The first kappa shape index (κ1) is 16.6. The van der Waals surface area contributed by atoms with E-state index in [9.17, 15) is 8.42 Å². The summed E-state index contributed by atoms with van der Waals surface area (Å²) in [6.07, 6.45) is 4.67. The van der Waals surface area contributed by atoms with Crippen molar-refractivity contribution in [2.24, 2.45) is 17.6 Å². The van der Waals surface area contributed by atoms with E-state index in [1.165, 1.54) is 12.7 Å². The first-order chi connectivity index (χ1) is 9.28. The summed E-state index contributed by atoms with van der Waals surface area (Å²) >= 11 is 1.75. The SMILES string of the molecule is CC1CC(C)CC(CN)(N2CCSCC2S(C)(=O)=O)C1. The Balaban J connectivity index is 2.32. The summed E-state index contributed by atoms with van der Waals surface area (Å²) < 4.78 is 24.3. The molecule has 0 spiro atoms. The van der Waals surface area contributed by atoms with Gasteiger partial charge in [0.25, 0.3) is 0 Å². The Morgan fingerprint density at radius 3 is 2.40 bits per heavy atom. The zero-order valence-electron chi connectivity index (χ0n) is 12.8. The monoisotopic (exact) mass is 320 g/mol. The molecular weight excluding hydrogens is 292 g/mol. The average molecular weight is 321 g/mol. The van der Waals surface area contributed by atoms with Gasteiger partial charge in [-0.2, -0.15) is 11.8 Å². The minimum absolute atomic E-state index is 0.119. The lowest BCUT2D eigenvalue weighted by molar-refractivity contribution is 0.0162. The van der Waals surface area contributed by atoms with Gasteiger partial charge >= 0.3 is 0 Å². The molecule has 2 aliphatic rings. The molecule has 1 saturated carbocycles. The molecule has 2 fully saturated rings. The topological polar surface area (TPSA) is 63.4 Å². The van der Waals surface area contributed by atoms with Crippen LogP contribution in [0.5, 0.6) is 0 Å². The highest BCUT2D eigenvalue weighted by Gasteiger charge is 2.47. The molecule has 118 valence electrons. The summed E-state index contributed by atoms with van der Waals surface area (Å²) in [5.74, 6) is 2.94. The standard InChI is InChI=1S/C14H28N2O2S2/c1-11-6-12(2)8-14(7-11,10-15)16-4-5-19-9-13(16)20(3,17)18/h11-13H,4-10,15H2,1-3H3. The van der Waals surface area contributed by atoms with Crippen molar-refractivity contribution in [2.45, 2.75) is 44.0 Å². The molecule has 0 aromatic heterocycles. The van der Waals surface area contributed by atoms with Crippen LogP contribution in [0.2, 0.25) is 0 Å². The van der Waals surface area contributed by atoms with Gasteiger partial charge in [0.2, 0.25) is 0 Å². The van der Waals surface area contributed by atoms with Gasteiger partial charge in [0.1, 0.15) is 5.37 Å². The van der Waals surface area contributed by atoms with Crippen molar-refractivity contribution in [3.05, 3.63) is 0 Å². The lowest BCUT2D eigenvalue weighted by atomic mass is 9.70. The summed E-state index contributed by atoms with van der Waals surface area (Å²) in [6.45, 7) is 5.96. The van der Waals surface area contributed by atoms with E-state index in [2.05, 4.69) is 18.7 Å². The molecule has 0 bridgehead atoms. The molecule has 2 N–H and O–H groups in total. The number of rotatable bonds is 3. The Morgan fingerprint density at radius 2 is 1.90 bits per heavy atom. The Morgan fingerprint density at radius 1 is 1.30 bits per heavy atom. The van der Waals surface area contributed by atoms with Crippen LogP contribution in [0, 0.1) is 11.8 Å². The molecule has 1 aliphatic carbocycles. The molecule has 3 unspecified atom stereocenters. The van der Waals surface area contributed by atoms with E-state index in [0.29, 0.717) is 24.1 Å². The van der Waals surface area contributed by atoms with Gasteiger partial charge in [0.15, 0.2) is 9.84 Å². The predicted molar refractivity (Wildman–Crippen MR) is 86.6 cm³/mol. The molecule has 1 heterocycles. The molecule has 6 heteroatoms. The van der Waals surface area contributed by atoms with Crippen LogP contribution in [-0.2, 0) is 9.84 Å². The number of hydrogen-bond acceptors (Lipinski definition) is 5. The molecule has 2 rings (SSSR count). The third kappa shape index (κ3) is 3.34. The van der Waals surface area contributed by atoms with Crippen molar-refractivity contribution in [1.82, 2.24) is 4.90 Å². The minimum atomic E-state index is -3.06. The predicted octanol–water partition coefficient (Wildman–Crippen LogP) is 1.56. The van der Waals surface area contributed by atoms with E-state index in [-0.39, 0.29) is 10.9 Å². The maximum absolute atomic E-state index is 12.2. The van der Waals surface area contributed by atoms with Crippen LogP contribution in [0.1, 0.15) is 33.1 Å². The molecule has 20 heavy (non-hydrogen) atoms. The molecule has 0 aromatic rings. The van der Waals surface area contributed by atoms with Crippen molar-refractivity contribution < 1.29 is 8.42 Å². The van der Waals surface area contributed by atoms with Crippen LogP contribution in [0.15, 0.2) is 0 Å². The van der Waals surface area contributed by atoms with Crippen LogP contribution >= 0.6 is 11.8 Å². The molecular formula is C14H28N2O2S2. The zero-order valence-corrected chi connectivity index (χ0v) is 14.5. The van der Waals surface area contributed by atoms with Crippen LogP contribution in [0.3, 0.4) is 0 Å². The highest BCUT2D eigenvalue weighted by molar-refractivity contribution is 8.00. The number of hydrogen-bond donors (Lipinski definition) is 1. The summed E-state index contributed by atoms with van der Waals surface area (Å²) in [4.78, 5) is 2.24. The number of nitrogens with zero attached hydrogens (tertiary/aromatic N) is 1. The van der Waals surface area contributed by atoms with Crippen LogP contribution in [0.25, 0.3) is 0 Å². The first-order valence-corrected chi connectivity index (χ1v) is 10.6. The third-order valence-corrected chi connectivity index (χ3v) is 7.47. The molecule has 1 aliphatic heterocycles. The van der Waals surface area contributed by atoms with E-state index < -0.39 is 9.84 Å². The molecule has 0 amide bonds. The second-order valence-electron chi connectivity index (χ2n) is 6.84. The second kappa shape index (κ2) is 6.15. The Hall–Kier alpha value is 0.220. The summed E-state index contributed by atoms with van der Waals surface area (Å²) in [7, 11) is -3.06. The number of thioether (sulfide) groups is 1. The van der Waals surface area contributed by atoms with Gasteiger partial charge in [-0.1, -0.05) is 13.8 Å². The van der Waals surface area contributed by atoms with Gasteiger partial charge in [-0.05, 0) is 31.1 Å². The molecule has 0 radical (unpaired) electrons. The maximum Gasteiger partial charge on any atom is 0.164 e. The molecule has 4 nitrogen and oxygen atoms in total. The summed E-state index contributed by atoms with van der Waals surface area (Å²) in [5, 5.41) is -0.359. The van der Waals surface area contributed by atoms with Crippen molar-refractivity contribution in [3.63, 3.8) is 0 Å². The van der Waals surface area contributed by atoms with Gasteiger partial charge in [0, 0.05) is 36.4 Å². The lowest BCUT2D eigenvalue weighted by Gasteiger charge is -2.53. The lowest BCUT2D eigenvalue weighted by Crippen LogP contribution is -2.64. The van der Waals surface area contributed by atoms with E-state index >= 15 is 0 Å². The quantitative estimate of drug-likeness (QED) is 0.855. The van der Waals surface area contributed by atoms with Crippen LogP contribution < -0.4 is 5.73 Å². The first-order valence-electron chi connectivity index (χ1n) is 7.52. The van der Waals surface area contributed by atoms with Crippen molar-refractivity contribution in [1.29, 1.82) is 0 Å². The van der Waals surface area contributed by atoms with Gasteiger partial charge in [-0.25, -0.2) is 8.42 Å². The highest BCUT2D eigenvalue weighted by atomic mass is 32.2. The Labute approximate surface area is 127 Å². The van der Waals surface area contributed by atoms with Gasteiger partial charge in [-0.15, -0.1) is 0 Å². The largest absolute Gasteiger partial charge is 0.329 e. The second-order valence-corrected chi connectivity index (χ2v) is 10.2. The fraction of sp³-hybridized carbons (Fsp3) is 1.00. The number of nitrogens with two attached hydrogens (primary N) is 1. The van der Waals surface area contributed by atoms with E-state index in [4.69, 9.17) is 5.73 Å². The smallest absolute Gasteiger partial charge is 0.164 e. The molecule has 1 saturated heterocycles. The number of sulfone groups is 1. The average Bonchev–Trinajstić information content (AvgIpc) is 2.36. The maximum atomic E-state index is 12.2. The van der Waals surface area contributed by atoms with Gasteiger partial charge in [-0.3, -0.25) is 4.90 Å². The molecule has 0 aromatic carbocycles. The highest BCUT2D eigenvalue weighted by Crippen LogP contribution is 2.42. The van der Waals surface area contributed by atoms with Gasteiger partial charge in [0.05, 0.1) is 0 Å². The van der Waals surface area contributed by atoms with Crippen molar-refractivity contribution in [2.75, 3.05) is 30.9 Å². The minimum Gasteiger partial charge on any atom is -0.329 e. The van der Waals surface area contributed by atoms with Crippen LogP contribution in [-0.4, -0.2) is 55.1 Å². The van der Waals surface area contributed by atoms with Crippen molar-refractivity contribution >= 4 is 21.6 Å². The fourth-order valence-corrected chi connectivity index (χ4v) is 7.17. The van der Waals surface area contributed by atoms with E-state index in [0.717, 1.165) is 25.1 Å². The summed E-state index contributed by atoms with van der Waals surface area (Å²) in [6, 6.07) is 0. The third-order valence-electron chi connectivity index (χ3n) is 4.83. The molecule has 3 atom stereocenters. The fourth-order valence-electron chi connectivity index (χ4n) is 4.23. The van der Waals surface area contributed by atoms with E-state index in [1.807, 2.05) is 0 Å². The van der Waals surface area contributed by atoms with Gasteiger partial charge < -0.3 is 5.73 Å². The zero-order chi connectivity index (χ0) is 15.0. The Bertz CT molecular complexity index is 428. The van der Waals surface area contributed by atoms with E-state index in [1.54, 1.807) is 11.8 Å². The Kier molecular flexibility index (Phi) is 5.10. The summed E-state index contributed by atoms with van der Waals surface area (Å²) in [5.41, 5.74) is 6.04.